The second-order valence-electron chi connectivity index (χ2n) is 3.19. The Bertz CT molecular complexity index is 219. The fourth-order valence-corrected chi connectivity index (χ4v) is 1.97. The highest BCUT2D eigenvalue weighted by atomic mass is 32.2. The molecule has 1 fully saturated rings. The van der Waals surface area contributed by atoms with Crippen LogP contribution < -0.4 is 0 Å². The molecule has 72 valence electrons. The van der Waals surface area contributed by atoms with Crippen molar-refractivity contribution in [3.8, 4) is 0 Å². The molecule has 0 aromatic carbocycles. The topological polar surface area (TPSA) is 57.6 Å². The Labute approximate surface area is 73.3 Å². The van der Waals surface area contributed by atoms with E-state index in [1.807, 2.05) is 0 Å². The first kappa shape index (κ1) is 9.95. The molecule has 0 amide bonds. The Hall–Kier alpha value is -0.130. The molecule has 0 saturated carbocycles. The van der Waals surface area contributed by atoms with Crippen LogP contribution in [0.2, 0.25) is 0 Å². The van der Waals surface area contributed by atoms with Gasteiger partial charge in [-0.15, -0.1) is 0 Å². The maximum Gasteiger partial charge on any atom is 0.264 e. The molecule has 0 atom stereocenters. The molecule has 0 unspecified atom stereocenters. The van der Waals surface area contributed by atoms with Crippen molar-refractivity contribution in [3.63, 3.8) is 0 Å². The van der Waals surface area contributed by atoms with Crippen molar-refractivity contribution in [3.05, 3.63) is 0 Å². The normalized spacial score (nSPS) is 20.1. The summed E-state index contributed by atoms with van der Waals surface area (Å²) in [5.74, 6) is -0.108. The standard InChI is InChI=1S/C7H15NO3S/c9-12(10,11)7-3-6-8-4-1-2-5-8/h1-7H2,(H,9,10,11). The van der Waals surface area contributed by atoms with E-state index in [1.54, 1.807) is 0 Å². The van der Waals surface area contributed by atoms with Crippen LogP contribution in [0.5, 0.6) is 0 Å². The summed E-state index contributed by atoms with van der Waals surface area (Å²) in [6.45, 7) is 2.94. The average Bonchev–Trinajstić information content (AvgIpc) is 2.36. The van der Waals surface area contributed by atoms with Crippen LogP contribution in [0.25, 0.3) is 0 Å². The average molecular weight is 193 g/mol. The van der Waals surface area contributed by atoms with E-state index in [0.717, 1.165) is 19.6 Å². The number of nitrogens with zero attached hydrogens (tertiary/aromatic N) is 1. The van der Waals surface area contributed by atoms with Crippen molar-refractivity contribution in [2.75, 3.05) is 25.4 Å². The summed E-state index contributed by atoms with van der Waals surface area (Å²) in [7, 11) is -3.74. The van der Waals surface area contributed by atoms with Crippen LogP contribution >= 0.6 is 0 Å². The van der Waals surface area contributed by atoms with Crippen LogP contribution in [0.3, 0.4) is 0 Å². The summed E-state index contributed by atoms with van der Waals surface area (Å²) >= 11 is 0. The summed E-state index contributed by atoms with van der Waals surface area (Å²) < 4.78 is 29.1. The smallest absolute Gasteiger partial charge is 0.264 e. The third-order valence-electron chi connectivity index (χ3n) is 2.08. The molecule has 1 aliphatic heterocycles. The Balaban J connectivity index is 2.09. The monoisotopic (exact) mass is 193 g/mol. The van der Waals surface area contributed by atoms with Crippen LogP contribution in [-0.4, -0.2) is 43.3 Å². The zero-order chi connectivity index (χ0) is 9.03. The van der Waals surface area contributed by atoms with Crippen LogP contribution in [0.1, 0.15) is 19.3 Å². The second-order valence-corrected chi connectivity index (χ2v) is 4.76. The first-order valence-corrected chi connectivity index (χ1v) is 5.86. The fourth-order valence-electron chi connectivity index (χ4n) is 1.48. The maximum absolute atomic E-state index is 10.3. The first-order chi connectivity index (χ1) is 5.58. The Morgan fingerprint density at radius 3 is 2.33 bits per heavy atom. The molecule has 0 spiro atoms. The first-order valence-electron chi connectivity index (χ1n) is 4.25. The molecule has 0 aromatic rings. The molecule has 4 nitrogen and oxygen atoms in total. The van der Waals surface area contributed by atoms with Crippen molar-refractivity contribution < 1.29 is 13.0 Å². The van der Waals surface area contributed by atoms with Crippen LogP contribution in [0.15, 0.2) is 0 Å². The van der Waals surface area contributed by atoms with Gasteiger partial charge in [-0.2, -0.15) is 8.42 Å². The molecular weight excluding hydrogens is 178 g/mol. The van der Waals surface area contributed by atoms with Crippen LogP contribution in [0, 0.1) is 0 Å². The zero-order valence-electron chi connectivity index (χ0n) is 7.07. The van der Waals surface area contributed by atoms with Crippen LogP contribution in [-0.2, 0) is 10.1 Å². The summed E-state index contributed by atoms with van der Waals surface area (Å²) in [5.41, 5.74) is 0. The van der Waals surface area contributed by atoms with Crippen molar-refractivity contribution in [2.24, 2.45) is 0 Å². The van der Waals surface area contributed by atoms with Gasteiger partial charge in [0.25, 0.3) is 10.1 Å². The number of rotatable bonds is 4. The van der Waals surface area contributed by atoms with Gasteiger partial charge in [0.05, 0.1) is 5.75 Å². The van der Waals surface area contributed by atoms with Gasteiger partial charge in [-0.1, -0.05) is 0 Å². The molecule has 1 heterocycles. The summed E-state index contributed by atoms with van der Waals surface area (Å²) in [4.78, 5) is 2.23. The van der Waals surface area contributed by atoms with Gasteiger partial charge in [0.2, 0.25) is 0 Å². The summed E-state index contributed by atoms with van der Waals surface area (Å²) in [6, 6.07) is 0. The fraction of sp³-hybridized carbons (Fsp3) is 1.00. The van der Waals surface area contributed by atoms with E-state index < -0.39 is 10.1 Å². The van der Waals surface area contributed by atoms with Crippen molar-refractivity contribution in [1.82, 2.24) is 4.90 Å². The van der Waals surface area contributed by atoms with Gasteiger partial charge in [0.15, 0.2) is 0 Å². The third kappa shape index (κ3) is 4.04. The van der Waals surface area contributed by atoms with E-state index in [1.165, 1.54) is 12.8 Å². The largest absolute Gasteiger partial charge is 0.303 e. The quantitative estimate of drug-likeness (QED) is 0.655. The molecular formula is C7H15NO3S. The lowest BCUT2D eigenvalue weighted by Crippen LogP contribution is -2.22. The van der Waals surface area contributed by atoms with Gasteiger partial charge < -0.3 is 4.90 Å². The van der Waals surface area contributed by atoms with Crippen molar-refractivity contribution in [1.29, 1.82) is 0 Å². The van der Waals surface area contributed by atoms with E-state index in [9.17, 15) is 8.42 Å². The maximum atomic E-state index is 10.3. The van der Waals surface area contributed by atoms with E-state index in [0.29, 0.717) is 6.42 Å². The minimum Gasteiger partial charge on any atom is -0.303 e. The van der Waals surface area contributed by atoms with Gasteiger partial charge in [-0.3, -0.25) is 4.55 Å². The number of hydrogen-bond donors (Lipinski definition) is 1. The van der Waals surface area contributed by atoms with Crippen molar-refractivity contribution in [2.45, 2.75) is 19.3 Å². The SMILES string of the molecule is O=S(=O)(O)CCCN1CCCC1. The van der Waals surface area contributed by atoms with Gasteiger partial charge in [0, 0.05) is 0 Å². The molecule has 12 heavy (non-hydrogen) atoms. The molecule has 0 radical (unpaired) electrons. The van der Waals surface area contributed by atoms with E-state index in [-0.39, 0.29) is 5.75 Å². The van der Waals surface area contributed by atoms with Gasteiger partial charge in [-0.05, 0) is 38.9 Å². The number of likely N-dealkylation sites (tertiary alicyclic amines) is 1. The third-order valence-corrected chi connectivity index (χ3v) is 2.88. The van der Waals surface area contributed by atoms with E-state index >= 15 is 0 Å². The lowest BCUT2D eigenvalue weighted by atomic mass is 10.4. The highest BCUT2D eigenvalue weighted by Crippen LogP contribution is 2.07. The Morgan fingerprint density at radius 1 is 1.25 bits per heavy atom. The molecule has 1 rings (SSSR count). The molecule has 0 aliphatic carbocycles. The molecule has 1 aliphatic rings. The van der Waals surface area contributed by atoms with Gasteiger partial charge >= 0.3 is 0 Å². The zero-order valence-corrected chi connectivity index (χ0v) is 7.89. The predicted octanol–water partition coefficient (Wildman–Crippen LogP) is 0.360. The molecule has 5 heteroatoms. The second kappa shape index (κ2) is 4.20. The van der Waals surface area contributed by atoms with E-state index in [2.05, 4.69) is 4.90 Å². The van der Waals surface area contributed by atoms with Gasteiger partial charge in [-0.25, -0.2) is 0 Å². The minimum absolute atomic E-state index is 0.108. The summed E-state index contributed by atoms with van der Waals surface area (Å²) in [6.07, 6.45) is 2.97. The minimum atomic E-state index is -3.74. The van der Waals surface area contributed by atoms with Crippen molar-refractivity contribution >= 4 is 10.1 Å². The van der Waals surface area contributed by atoms with Gasteiger partial charge in [0.1, 0.15) is 0 Å². The highest BCUT2D eigenvalue weighted by molar-refractivity contribution is 7.85. The lowest BCUT2D eigenvalue weighted by molar-refractivity contribution is 0.338. The molecule has 0 aromatic heterocycles. The Morgan fingerprint density at radius 2 is 1.83 bits per heavy atom. The summed E-state index contributed by atoms with van der Waals surface area (Å²) in [5, 5.41) is 0. The highest BCUT2D eigenvalue weighted by Gasteiger charge is 2.12. The molecule has 0 bridgehead atoms. The predicted molar refractivity (Wildman–Crippen MR) is 46.7 cm³/mol. The van der Waals surface area contributed by atoms with E-state index in [4.69, 9.17) is 4.55 Å². The van der Waals surface area contributed by atoms with Crippen LogP contribution in [0.4, 0.5) is 0 Å². The molecule has 1 saturated heterocycles. The lowest BCUT2D eigenvalue weighted by Gasteiger charge is -2.12. The number of hydrogen-bond acceptors (Lipinski definition) is 3. The Kier molecular flexibility index (Phi) is 3.49. The molecule has 1 N–H and O–H groups in total.